The first-order valence-electron chi connectivity index (χ1n) is 10.2. The fourth-order valence-electron chi connectivity index (χ4n) is 4.73. The van der Waals surface area contributed by atoms with E-state index in [1.165, 1.54) is 0 Å². The number of carbonyl (C=O) groups excluding carboxylic acids is 1. The van der Waals surface area contributed by atoms with E-state index in [0.717, 1.165) is 43.5 Å². The van der Waals surface area contributed by atoms with Crippen LogP contribution in [0.3, 0.4) is 0 Å². The van der Waals surface area contributed by atoms with Crippen molar-refractivity contribution in [2.75, 3.05) is 13.2 Å². The average molecular weight is 419 g/mol. The van der Waals surface area contributed by atoms with E-state index in [-0.39, 0.29) is 40.5 Å². The highest BCUT2D eigenvalue weighted by Crippen LogP contribution is 2.55. The van der Waals surface area contributed by atoms with E-state index in [1.807, 2.05) is 0 Å². The van der Waals surface area contributed by atoms with Crippen molar-refractivity contribution in [3.8, 4) is 11.1 Å². The lowest BCUT2D eigenvalue weighted by Crippen LogP contribution is -2.48. The van der Waals surface area contributed by atoms with Crippen LogP contribution in [0.5, 0.6) is 0 Å². The highest BCUT2D eigenvalue weighted by molar-refractivity contribution is 5.82. The summed E-state index contributed by atoms with van der Waals surface area (Å²) in [6.45, 7) is 1.18. The molecule has 0 bridgehead atoms. The van der Waals surface area contributed by atoms with Crippen molar-refractivity contribution in [1.29, 1.82) is 0 Å². The molecule has 2 aliphatic heterocycles. The Kier molecular flexibility index (Phi) is 4.61. The molecule has 2 aromatic carbocycles. The number of hydrogen-bond donors (Lipinski definition) is 0. The van der Waals surface area contributed by atoms with Gasteiger partial charge in [0.1, 0.15) is 29.4 Å². The molecule has 2 heterocycles. The molecule has 1 spiro atoms. The van der Waals surface area contributed by atoms with E-state index in [1.54, 1.807) is 4.90 Å². The van der Waals surface area contributed by atoms with Gasteiger partial charge in [-0.1, -0.05) is 0 Å². The molecule has 3 nitrogen and oxygen atoms in total. The number of hydrogen-bond acceptors (Lipinski definition) is 2. The maximum absolute atomic E-state index is 15.3. The molecule has 1 unspecified atom stereocenters. The Morgan fingerprint density at radius 3 is 2.30 bits per heavy atom. The first-order chi connectivity index (χ1) is 14.3. The average Bonchev–Trinajstić information content (AvgIpc) is 3.28. The van der Waals surface area contributed by atoms with Crippen molar-refractivity contribution in [1.82, 2.24) is 4.90 Å². The van der Waals surface area contributed by atoms with Crippen LogP contribution in [0.1, 0.15) is 31.2 Å². The quantitative estimate of drug-likeness (QED) is 0.677. The van der Waals surface area contributed by atoms with Gasteiger partial charge in [-0.2, -0.15) is 0 Å². The van der Waals surface area contributed by atoms with Gasteiger partial charge in [0.15, 0.2) is 0 Å². The van der Waals surface area contributed by atoms with E-state index in [2.05, 4.69) is 0 Å². The second-order valence-corrected chi connectivity index (χ2v) is 8.76. The topological polar surface area (TPSA) is 29.5 Å². The summed E-state index contributed by atoms with van der Waals surface area (Å²) in [4.78, 5) is 14.6. The lowest BCUT2D eigenvalue weighted by atomic mass is 9.94. The zero-order valence-corrected chi connectivity index (χ0v) is 16.3. The lowest BCUT2D eigenvalue weighted by molar-refractivity contribution is -0.157. The molecule has 2 aromatic rings. The second-order valence-electron chi connectivity index (χ2n) is 8.76. The summed E-state index contributed by atoms with van der Waals surface area (Å²) in [6.07, 6.45) is 3.18. The molecule has 2 saturated heterocycles. The van der Waals surface area contributed by atoms with Gasteiger partial charge in [-0.05, 0) is 66.5 Å². The summed E-state index contributed by atoms with van der Waals surface area (Å²) in [7, 11) is 0. The van der Waals surface area contributed by atoms with Crippen molar-refractivity contribution in [3.05, 3.63) is 59.2 Å². The Labute approximate surface area is 171 Å². The molecule has 2 atom stereocenters. The smallest absolute Gasteiger partial charge is 0.252 e. The minimum Gasteiger partial charge on any atom is -0.368 e. The van der Waals surface area contributed by atoms with Gasteiger partial charge in [0.2, 0.25) is 0 Å². The molecule has 1 aliphatic carbocycles. The highest BCUT2D eigenvalue weighted by atomic mass is 19.1. The third-order valence-corrected chi connectivity index (χ3v) is 6.57. The van der Waals surface area contributed by atoms with Crippen LogP contribution in [0, 0.1) is 28.7 Å². The monoisotopic (exact) mass is 419 g/mol. The maximum atomic E-state index is 15.3. The number of carbonyl (C=O) groups is 1. The summed E-state index contributed by atoms with van der Waals surface area (Å²) >= 11 is 0. The fraction of sp³-hybridized carbons (Fsp3) is 0.435. The Bertz CT molecular complexity index is 996. The van der Waals surface area contributed by atoms with Crippen molar-refractivity contribution in [2.24, 2.45) is 5.41 Å². The van der Waals surface area contributed by atoms with Gasteiger partial charge in [-0.15, -0.1) is 0 Å². The van der Waals surface area contributed by atoms with Gasteiger partial charge in [0.05, 0.1) is 6.61 Å². The van der Waals surface area contributed by atoms with Crippen LogP contribution < -0.4 is 0 Å². The Balaban J connectivity index is 1.46. The maximum Gasteiger partial charge on any atom is 0.252 e. The van der Waals surface area contributed by atoms with E-state index in [4.69, 9.17) is 4.74 Å². The second kappa shape index (κ2) is 7.08. The van der Waals surface area contributed by atoms with Gasteiger partial charge in [0, 0.05) is 30.6 Å². The van der Waals surface area contributed by atoms with Crippen LogP contribution in [-0.4, -0.2) is 36.1 Å². The van der Waals surface area contributed by atoms with Gasteiger partial charge in [-0.25, -0.2) is 17.6 Å². The van der Waals surface area contributed by atoms with Crippen molar-refractivity contribution >= 4 is 5.91 Å². The van der Waals surface area contributed by atoms with Gasteiger partial charge in [-0.3, -0.25) is 4.79 Å². The molecule has 5 rings (SSSR count). The number of benzene rings is 2. The minimum absolute atomic E-state index is 0.0633. The van der Waals surface area contributed by atoms with Crippen molar-refractivity contribution in [3.63, 3.8) is 0 Å². The van der Waals surface area contributed by atoms with Crippen LogP contribution in [0.2, 0.25) is 0 Å². The Hall–Kier alpha value is -2.41. The minimum atomic E-state index is -0.862. The summed E-state index contributed by atoms with van der Waals surface area (Å²) < 4.78 is 62.2. The summed E-state index contributed by atoms with van der Waals surface area (Å²) in [6, 6.07) is 4.43. The summed E-state index contributed by atoms with van der Waals surface area (Å²) in [5.74, 6) is -3.21. The molecular weight excluding hydrogens is 398 g/mol. The largest absolute Gasteiger partial charge is 0.368 e. The first kappa shape index (κ1) is 19.5. The molecule has 3 fully saturated rings. The molecule has 1 saturated carbocycles. The van der Waals surface area contributed by atoms with Gasteiger partial charge >= 0.3 is 0 Å². The molecule has 3 aliphatic rings. The van der Waals surface area contributed by atoms with Gasteiger partial charge in [0.25, 0.3) is 5.91 Å². The standard InChI is InChI=1S/C23H21F4NO2/c24-15-5-13(6-16(25)9-15)19-10-17(26)7-14(21(19)27)8-18-11-23(2-3-23)12-28(18)22(29)20-1-4-30-20/h5-7,9-10,18,20H,1-4,8,11-12H2/t18-,20?/m0/s1. The highest BCUT2D eigenvalue weighted by Gasteiger charge is 2.54. The fourth-order valence-corrected chi connectivity index (χ4v) is 4.73. The predicted octanol–water partition coefficient (Wildman–Crippen LogP) is 4.62. The molecule has 7 heteroatoms. The number of nitrogens with zero attached hydrogens (tertiary/aromatic N) is 1. The molecule has 0 aromatic heterocycles. The van der Waals surface area contributed by atoms with E-state index < -0.39 is 29.4 Å². The Morgan fingerprint density at radius 1 is 1.03 bits per heavy atom. The van der Waals surface area contributed by atoms with Crippen LogP contribution in [0.4, 0.5) is 17.6 Å². The molecule has 1 amide bonds. The van der Waals surface area contributed by atoms with E-state index in [0.29, 0.717) is 25.6 Å². The number of ether oxygens (including phenoxy) is 1. The van der Waals surface area contributed by atoms with Crippen LogP contribution in [-0.2, 0) is 16.0 Å². The summed E-state index contributed by atoms with van der Waals surface area (Å²) in [5.41, 5.74) is -0.0679. The molecule has 0 N–H and O–H groups in total. The third-order valence-electron chi connectivity index (χ3n) is 6.57. The zero-order valence-electron chi connectivity index (χ0n) is 16.3. The van der Waals surface area contributed by atoms with E-state index in [9.17, 15) is 18.0 Å². The van der Waals surface area contributed by atoms with Crippen LogP contribution >= 0.6 is 0 Å². The first-order valence-corrected chi connectivity index (χ1v) is 10.2. The molecule has 158 valence electrons. The Morgan fingerprint density at radius 2 is 1.70 bits per heavy atom. The number of rotatable bonds is 4. The van der Waals surface area contributed by atoms with Crippen LogP contribution in [0.25, 0.3) is 11.1 Å². The molecule has 0 radical (unpaired) electrons. The van der Waals surface area contributed by atoms with Crippen molar-refractivity contribution in [2.45, 2.75) is 44.2 Å². The molecular formula is C23H21F4NO2. The normalized spacial score (nSPS) is 24.2. The SMILES string of the molecule is O=C(C1CCO1)N1CC2(CC2)C[C@@H]1Cc1cc(F)cc(-c2cc(F)cc(F)c2)c1F. The number of halogens is 4. The van der Waals surface area contributed by atoms with Gasteiger partial charge < -0.3 is 9.64 Å². The summed E-state index contributed by atoms with van der Waals surface area (Å²) in [5, 5.41) is 0. The zero-order chi connectivity index (χ0) is 21.0. The number of likely N-dealkylation sites (tertiary alicyclic amines) is 1. The third kappa shape index (κ3) is 3.49. The lowest BCUT2D eigenvalue weighted by Gasteiger charge is -2.33. The number of amides is 1. The van der Waals surface area contributed by atoms with E-state index >= 15 is 4.39 Å². The van der Waals surface area contributed by atoms with Crippen LogP contribution in [0.15, 0.2) is 30.3 Å². The predicted molar refractivity (Wildman–Crippen MR) is 102 cm³/mol. The molecule has 30 heavy (non-hydrogen) atoms. The van der Waals surface area contributed by atoms with Crippen molar-refractivity contribution < 1.29 is 27.1 Å².